The van der Waals surface area contributed by atoms with Crippen molar-refractivity contribution in [2.45, 2.75) is 26.2 Å². The van der Waals surface area contributed by atoms with E-state index in [0.29, 0.717) is 5.39 Å². The summed E-state index contributed by atoms with van der Waals surface area (Å²) in [5.41, 5.74) is 0.803. The van der Waals surface area contributed by atoms with Crippen molar-refractivity contribution in [3.8, 4) is 17.2 Å². The lowest BCUT2D eigenvalue weighted by Crippen LogP contribution is -1.95. The highest BCUT2D eigenvalue weighted by atomic mass is 19.1. The molecule has 1 nitrogen and oxygen atoms in total. The Labute approximate surface area is 167 Å². The zero-order valence-corrected chi connectivity index (χ0v) is 15.9. The second-order valence-electron chi connectivity index (χ2n) is 7.17. The van der Waals surface area contributed by atoms with Crippen molar-refractivity contribution >= 4 is 21.5 Å². The molecule has 0 aromatic heterocycles. The standard InChI is InChI=1S/C25H18F3N/c1-2-3-4-15-5-9-19-16(11-15)8-10-20-21(19)13-23(27)24(25(20)28)17-6-7-18(14-29)22(26)12-17/h5-13H,2-4H2,1H3. The minimum atomic E-state index is -0.804. The Bertz CT molecular complexity index is 1290. The summed E-state index contributed by atoms with van der Waals surface area (Å²) < 4.78 is 44.2. The van der Waals surface area contributed by atoms with Gasteiger partial charge in [0.15, 0.2) is 0 Å². The van der Waals surface area contributed by atoms with E-state index in [1.54, 1.807) is 12.1 Å². The molecule has 0 N–H and O–H groups in total. The quantitative estimate of drug-likeness (QED) is 0.336. The fourth-order valence-electron chi connectivity index (χ4n) is 3.75. The van der Waals surface area contributed by atoms with Gasteiger partial charge in [0.2, 0.25) is 0 Å². The molecule has 0 spiro atoms. The highest BCUT2D eigenvalue weighted by Crippen LogP contribution is 2.36. The molecule has 0 bridgehead atoms. The van der Waals surface area contributed by atoms with Crippen molar-refractivity contribution in [2.75, 3.05) is 0 Å². The van der Waals surface area contributed by atoms with Gasteiger partial charge in [0.1, 0.15) is 23.5 Å². The summed E-state index contributed by atoms with van der Waals surface area (Å²) in [5.74, 6) is -2.30. The second kappa shape index (κ2) is 7.60. The van der Waals surface area contributed by atoms with Crippen LogP contribution in [0.5, 0.6) is 0 Å². The van der Waals surface area contributed by atoms with Gasteiger partial charge in [-0.05, 0) is 58.3 Å². The topological polar surface area (TPSA) is 23.8 Å². The molecule has 0 heterocycles. The van der Waals surface area contributed by atoms with Gasteiger partial charge in [-0.1, -0.05) is 49.7 Å². The van der Waals surface area contributed by atoms with Crippen molar-refractivity contribution in [1.82, 2.24) is 0 Å². The van der Waals surface area contributed by atoms with Crippen molar-refractivity contribution in [3.05, 3.63) is 83.2 Å². The van der Waals surface area contributed by atoms with E-state index in [9.17, 15) is 8.78 Å². The number of unbranched alkanes of at least 4 members (excludes halogenated alkanes) is 1. The summed E-state index contributed by atoms with van der Waals surface area (Å²) in [6.07, 6.45) is 3.16. The van der Waals surface area contributed by atoms with E-state index in [1.165, 1.54) is 23.8 Å². The Morgan fingerprint density at radius 2 is 1.62 bits per heavy atom. The van der Waals surface area contributed by atoms with Gasteiger partial charge in [-0.2, -0.15) is 5.26 Å². The Morgan fingerprint density at radius 3 is 2.34 bits per heavy atom. The van der Waals surface area contributed by atoms with E-state index < -0.39 is 17.5 Å². The van der Waals surface area contributed by atoms with Gasteiger partial charge in [-0.3, -0.25) is 0 Å². The van der Waals surface area contributed by atoms with Crippen LogP contribution in [0.1, 0.15) is 30.9 Å². The molecule has 0 fully saturated rings. The Kier molecular flexibility index (Phi) is 4.98. The van der Waals surface area contributed by atoms with Gasteiger partial charge in [0, 0.05) is 5.39 Å². The lowest BCUT2D eigenvalue weighted by atomic mass is 9.94. The average molecular weight is 389 g/mol. The zero-order valence-electron chi connectivity index (χ0n) is 15.9. The Morgan fingerprint density at radius 1 is 0.828 bits per heavy atom. The fraction of sp³-hybridized carbons (Fsp3) is 0.160. The first kappa shape index (κ1) is 19.0. The van der Waals surface area contributed by atoms with Crippen molar-refractivity contribution < 1.29 is 13.2 Å². The number of benzene rings is 4. The van der Waals surface area contributed by atoms with E-state index >= 15 is 4.39 Å². The lowest BCUT2D eigenvalue weighted by molar-refractivity contribution is 0.597. The maximum atomic E-state index is 15.3. The molecule has 0 radical (unpaired) electrons. The van der Waals surface area contributed by atoms with E-state index in [4.69, 9.17) is 5.26 Å². The predicted molar refractivity (Wildman–Crippen MR) is 110 cm³/mol. The van der Waals surface area contributed by atoms with Crippen molar-refractivity contribution in [2.24, 2.45) is 0 Å². The van der Waals surface area contributed by atoms with Gasteiger partial charge in [0.25, 0.3) is 0 Å². The molecular formula is C25H18F3N. The van der Waals surface area contributed by atoms with E-state index in [0.717, 1.165) is 36.1 Å². The molecule has 0 saturated heterocycles. The van der Waals surface area contributed by atoms with Crippen molar-refractivity contribution in [3.63, 3.8) is 0 Å². The zero-order chi connectivity index (χ0) is 20.5. The van der Waals surface area contributed by atoms with Crippen LogP contribution in [-0.4, -0.2) is 0 Å². The monoisotopic (exact) mass is 389 g/mol. The van der Waals surface area contributed by atoms with Crippen LogP contribution in [0.15, 0.2) is 54.6 Å². The van der Waals surface area contributed by atoms with Crippen LogP contribution < -0.4 is 0 Å². The fourth-order valence-corrected chi connectivity index (χ4v) is 3.75. The highest BCUT2D eigenvalue weighted by molar-refractivity contribution is 6.09. The van der Waals surface area contributed by atoms with Crippen LogP contribution >= 0.6 is 0 Å². The molecule has 144 valence electrons. The molecule has 0 amide bonds. The molecule has 4 heteroatoms. The van der Waals surface area contributed by atoms with Crippen LogP contribution in [-0.2, 0) is 6.42 Å². The summed E-state index contributed by atoms with van der Waals surface area (Å²) in [7, 11) is 0. The van der Waals surface area contributed by atoms with Crippen LogP contribution in [0, 0.1) is 28.8 Å². The van der Waals surface area contributed by atoms with Crippen LogP contribution in [0.4, 0.5) is 13.2 Å². The van der Waals surface area contributed by atoms with Crippen LogP contribution in [0.2, 0.25) is 0 Å². The second-order valence-corrected chi connectivity index (χ2v) is 7.17. The third-order valence-corrected chi connectivity index (χ3v) is 5.29. The maximum Gasteiger partial charge on any atom is 0.141 e. The predicted octanol–water partition coefficient (Wildman–Crippen LogP) is 7.29. The van der Waals surface area contributed by atoms with Crippen LogP contribution in [0.3, 0.4) is 0 Å². The number of nitrogens with zero attached hydrogens (tertiary/aromatic N) is 1. The summed E-state index contributed by atoms with van der Waals surface area (Å²) in [4.78, 5) is 0. The van der Waals surface area contributed by atoms with Gasteiger partial charge in [-0.25, -0.2) is 13.2 Å². The van der Waals surface area contributed by atoms with Gasteiger partial charge in [-0.15, -0.1) is 0 Å². The number of hydrogen-bond donors (Lipinski definition) is 0. The number of halogens is 3. The maximum absolute atomic E-state index is 15.3. The molecule has 0 aliphatic rings. The lowest BCUT2D eigenvalue weighted by Gasteiger charge is -2.12. The average Bonchev–Trinajstić information content (AvgIpc) is 2.72. The third-order valence-electron chi connectivity index (χ3n) is 5.29. The van der Waals surface area contributed by atoms with E-state index in [1.807, 2.05) is 18.2 Å². The molecule has 4 rings (SSSR count). The first-order chi connectivity index (χ1) is 14.0. The van der Waals surface area contributed by atoms with Gasteiger partial charge < -0.3 is 0 Å². The molecule has 0 atom stereocenters. The van der Waals surface area contributed by atoms with E-state index in [2.05, 4.69) is 13.0 Å². The summed E-state index contributed by atoms with van der Waals surface area (Å²) in [6, 6.07) is 16.0. The number of hydrogen-bond acceptors (Lipinski definition) is 1. The molecule has 0 saturated carbocycles. The number of fused-ring (bicyclic) bond motifs is 3. The normalized spacial score (nSPS) is 11.1. The summed E-state index contributed by atoms with van der Waals surface area (Å²) in [6.45, 7) is 2.14. The van der Waals surface area contributed by atoms with Gasteiger partial charge in [0.05, 0.1) is 11.1 Å². The van der Waals surface area contributed by atoms with Gasteiger partial charge >= 0.3 is 0 Å². The van der Waals surface area contributed by atoms with Crippen molar-refractivity contribution in [1.29, 1.82) is 5.26 Å². The first-order valence-electron chi connectivity index (χ1n) is 9.57. The Hall–Kier alpha value is -3.32. The molecular weight excluding hydrogens is 371 g/mol. The SMILES string of the molecule is CCCCc1ccc2c(ccc3c(F)c(-c4ccc(C#N)c(F)c4)c(F)cc32)c1. The molecule has 29 heavy (non-hydrogen) atoms. The van der Waals surface area contributed by atoms with E-state index in [-0.39, 0.29) is 22.1 Å². The first-order valence-corrected chi connectivity index (χ1v) is 9.57. The summed E-state index contributed by atoms with van der Waals surface area (Å²) >= 11 is 0. The molecule has 4 aromatic carbocycles. The smallest absolute Gasteiger partial charge is 0.141 e. The minimum Gasteiger partial charge on any atom is -0.206 e. The molecule has 0 aliphatic heterocycles. The largest absolute Gasteiger partial charge is 0.206 e. The number of rotatable bonds is 4. The highest BCUT2D eigenvalue weighted by Gasteiger charge is 2.18. The molecule has 4 aromatic rings. The van der Waals surface area contributed by atoms with Crippen LogP contribution in [0.25, 0.3) is 32.7 Å². The molecule has 0 aliphatic carbocycles. The minimum absolute atomic E-state index is 0.0633. The number of nitriles is 1. The summed E-state index contributed by atoms with van der Waals surface area (Å²) in [5, 5.41) is 11.3. The number of aryl methyl sites for hydroxylation is 1. The Balaban J connectivity index is 1.90. The third kappa shape index (κ3) is 3.34. The molecule has 0 unspecified atom stereocenters.